The molecule has 0 spiro atoms. The summed E-state index contributed by atoms with van der Waals surface area (Å²) in [5.74, 6) is 0. The molecule has 0 aromatic carbocycles. The first-order valence-corrected chi connectivity index (χ1v) is 6.49. The van der Waals surface area contributed by atoms with Gasteiger partial charge in [0.05, 0.1) is 11.8 Å². The second-order valence-corrected chi connectivity index (χ2v) is 5.01. The third kappa shape index (κ3) is 2.56. The van der Waals surface area contributed by atoms with Crippen LogP contribution in [0.15, 0.2) is 0 Å². The van der Waals surface area contributed by atoms with E-state index in [4.69, 9.17) is 5.32 Å². The van der Waals surface area contributed by atoms with E-state index in [-0.39, 0.29) is 18.4 Å². The van der Waals surface area contributed by atoms with E-state index >= 15 is 0 Å². The first kappa shape index (κ1) is 12.3. The lowest BCUT2D eigenvalue weighted by Crippen LogP contribution is -2.60. The van der Waals surface area contributed by atoms with Crippen LogP contribution in [0.1, 0.15) is 38.5 Å². The van der Waals surface area contributed by atoms with Crippen molar-refractivity contribution < 1.29 is 10.2 Å². The molecule has 93 valence electrons. The maximum absolute atomic E-state index is 9.53. The fraction of sp³-hybridized carbons (Fsp3) is 1.00. The average molecular weight is 227 g/mol. The van der Waals surface area contributed by atoms with Gasteiger partial charge in [-0.2, -0.15) is 0 Å². The second-order valence-electron chi connectivity index (χ2n) is 5.01. The predicted octanol–water partition coefficient (Wildman–Crippen LogP) is 0.310. The Balaban J connectivity index is 2.00. The van der Waals surface area contributed by atoms with E-state index in [0.717, 1.165) is 45.3 Å². The number of nitrogens with zero attached hydrogens (tertiary/aromatic N) is 2. The van der Waals surface area contributed by atoms with Gasteiger partial charge in [0.1, 0.15) is 0 Å². The lowest BCUT2D eigenvalue weighted by atomic mass is 9.90. The van der Waals surface area contributed by atoms with Crippen LogP contribution in [0.5, 0.6) is 0 Å². The Morgan fingerprint density at radius 1 is 1.25 bits per heavy atom. The highest BCUT2D eigenvalue weighted by atomic mass is 16.3. The van der Waals surface area contributed by atoms with E-state index < -0.39 is 0 Å². The van der Waals surface area contributed by atoms with Crippen molar-refractivity contribution in [2.75, 3.05) is 26.2 Å². The summed E-state index contributed by atoms with van der Waals surface area (Å²) in [6.45, 7) is 2.98. The molecule has 0 aromatic rings. The van der Waals surface area contributed by atoms with Crippen molar-refractivity contribution in [1.82, 2.24) is 10.2 Å². The normalized spacial score (nSPS) is 34.1. The Hall–Kier alpha value is -0.160. The van der Waals surface area contributed by atoms with Crippen molar-refractivity contribution in [1.29, 1.82) is 0 Å². The van der Waals surface area contributed by atoms with E-state index in [9.17, 15) is 10.2 Å². The summed E-state index contributed by atoms with van der Waals surface area (Å²) >= 11 is 0. The minimum atomic E-state index is -0.133. The molecule has 0 bridgehead atoms. The number of hydrogen-bond donors (Lipinski definition) is 2. The zero-order valence-electron chi connectivity index (χ0n) is 9.94. The maximum Gasteiger partial charge on any atom is 0.0895 e. The molecule has 2 saturated heterocycles. The van der Waals surface area contributed by atoms with Crippen LogP contribution in [0.2, 0.25) is 0 Å². The van der Waals surface area contributed by atoms with Crippen LogP contribution in [-0.2, 0) is 0 Å². The summed E-state index contributed by atoms with van der Waals surface area (Å²) in [6.07, 6.45) is 5.79. The number of likely N-dealkylation sites (tertiary alicyclic amines) is 1. The fourth-order valence-electron chi connectivity index (χ4n) is 2.97. The van der Waals surface area contributed by atoms with Gasteiger partial charge in [0.25, 0.3) is 0 Å². The number of piperidine rings is 2. The molecular formula is C12H23N2O2. The lowest BCUT2D eigenvalue weighted by molar-refractivity contribution is -0.0331. The standard InChI is InChI=1S/C12H23N2O2/c15-10-6-12(5-1-2-7-13-12)14-8-3-11(16)4-9-14/h11,15-16H,1-10H2. The smallest absolute Gasteiger partial charge is 0.0895 e. The highest BCUT2D eigenvalue weighted by Gasteiger charge is 2.39. The molecule has 1 atom stereocenters. The molecule has 0 saturated carbocycles. The van der Waals surface area contributed by atoms with Crippen LogP contribution < -0.4 is 5.32 Å². The summed E-state index contributed by atoms with van der Waals surface area (Å²) in [6, 6.07) is 0. The Bertz CT molecular complexity index is 204. The zero-order valence-corrected chi connectivity index (χ0v) is 9.94. The minimum Gasteiger partial charge on any atom is -0.396 e. The maximum atomic E-state index is 9.53. The second kappa shape index (κ2) is 5.45. The molecule has 2 aliphatic heterocycles. The molecule has 1 radical (unpaired) electrons. The number of aliphatic hydroxyl groups excluding tert-OH is 2. The third-order valence-electron chi connectivity index (χ3n) is 3.96. The highest BCUT2D eigenvalue weighted by molar-refractivity contribution is 4.92. The summed E-state index contributed by atoms with van der Waals surface area (Å²) in [4.78, 5) is 2.38. The molecular weight excluding hydrogens is 204 g/mol. The average Bonchev–Trinajstić information content (AvgIpc) is 2.31. The molecule has 0 aromatic heterocycles. The third-order valence-corrected chi connectivity index (χ3v) is 3.96. The van der Waals surface area contributed by atoms with Crippen molar-refractivity contribution in [3.05, 3.63) is 0 Å². The van der Waals surface area contributed by atoms with Crippen LogP contribution in [0.4, 0.5) is 0 Å². The summed E-state index contributed by atoms with van der Waals surface area (Å²) in [5.41, 5.74) is -0.118. The Kier molecular flexibility index (Phi) is 4.19. The first-order valence-electron chi connectivity index (χ1n) is 6.49. The molecule has 0 aliphatic carbocycles. The topological polar surface area (TPSA) is 57.8 Å². The van der Waals surface area contributed by atoms with Crippen LogP contribution >= 0.6 is 0 Å². The number of aliphatic hydroxyl groups is 2. The fourth-order valence-corrected chi connectivity index (χ4v) is 2.97. The van der Waals surface area contributed by atoms with Crippen molar-refractivity contribution >= 4 is 0 Å². The minimum absolute atomic E-state index is 0.118. The van der Waals surface area contributed by atoms with Gasteiger partial charge in [-0.05, 0) is 32.1 Å². The van der Waals surface area contributed by atoms with Crippen LogP contribution in [-0.4, -0.2) is 53.1 Å². The van der Waals surface area contributed by atoms with Gasteiger partial charge in [0, 0.05) is 32.7 Å². The van der Waals surface area contributed by atoms with Gasteiger partial charge in [-0.3, -0.25) is 4.90 Å². The summed E-state index contributed by atoms with van der Waals surface area (Å²) < 4.78 is 0. The highest BCUT2D eigenvalue weighted by Crippen LogP contribution is 2.30. The molecule has 2 N–H and O–H groups in total. The monoisotopic (exact) mass is 227 g/mol. The number of rotatable bonds is 3. The predicted molar refractivity (Wildman–Crippen MR) is 62.1 cm³/mol. The first-order chi connectivity index (χ1) is 7.77. The largest absolute Gasteiger partial charge is 0.396 e. The molecule has 0 amide bonds. The Labute approximate surface area is 97.6 Å². The zero-order chi connectivity index (χ0) is 11.4. The summed E-state index contributed by atoms with van der Waals surface area (Å²) in [7, 11) is 0. The quantitative estimate of drug-likeness (QED) is 0.729. The van der Waals surface area contributed by atoms with Crippen LogP contribution in [0.25, 0.3) is 0 Å². The molecule has 2 heterocycles. The van der Waals surface area contributed by atoms with Crippen molar-refractivity contribution in [3.8, 4) is 0 Å². The van der Waals surface area contributed by atoms with E-state index in [1.165, 1.54) is 12.8 Å². The van der Waals surface area contributed by atoms with E-state index in [0.29, 0.717) is 0 Å². The van der Waals surface area contributed by atoms with Gasteiger partial charge in [0.15, 0.2) is 0 Å². The molecule has 4 heteroatoms. The lowest BCUT2D eigenvalue weighted by Gasteiger charge is -2.48. The Morgan fingerprint density at radius 2 is 2.00 bits per heavy atom. The molecule has 2 aliphatic rings. The number of hydrogen-bond acceptors (Lipinski definition) is 3. The van der Waals surface area contributed by atoms with Crippen molar-refractivity contribution in [2.45, 2.75) is 50.3 Å². The van der Waals surface area contributed by atoms with Gasteiger partial charge in [-0.1, -0.05) is 0 Å². The molecule has 16 heavy (non-hydrogen) atoms. The van der Waals surface area contributed by atoms with Gasteiger partial charge >= 0.3 is 0 Å². The van der Waals surface area contributed by atoms with E-state index in [1.807, 2.05) is 0 Å². The van der Waals surface area contributed by atoms with Crippen LogP contribution in [0.3, 0.4) is 0 Å². The van der Waals surface area contributed by atoms with Gasteiger partial charge < -0.3 is 10.2 Å². The van der Waals surface area contributed by atoms with Gasteiger partial charge in [-0.25, -0.2) is 5.32 Å². The Morgan fingerprint density at radius 3 is 2.56 bits per heavy atom. The van der Waals surface area contributed by atoms with Crippen molar-refractivity contribution in [3.63, 3.8) is 0 Å². The van der Waals surface area contributed by atoms with Crippen LogP contribution in [0, 0.1) is 0 Å². The molecule has 2 fully saturated rings. The summed E-state index contributed by atoms with van der Waals surface area (Å²) in [5, 5.41) is 23.5. The molecule has 1 unspecified atom stereocenters. The van der Waals surface area contributed by atoms with E-state index in [2.05, 4.69) is 4.90 Å². The molecule has 4 nitrogen and oxygen atoms in total. The SMILES string of the molecule is OCCC1(N2CCC(O)CC2)CCCC[N]1. The van der Waals surface area contributed by atoms with Gasteiger partial charge in [-0.15, -0.1) is 0 Å². The van der Waals surface area contributed by atoms with E-state index in [1.54, 1.807) is 0 Å². The molecule has 2 rings (SSSR count). The van der Waals surface area contributed by atoms with Gasteiger partial charge in [0.2, 0.25) is 0 Å². The van der Waals surface area contributed by atoms with Crippen molar-refractivity contribution in [2.24, 2.45) is 0 Å².